The van der Waals surface area contributed by atoms with E-state index in [4.69, 9.17) is 0 Å². The lowest BCUT2D eigenvalue weighted by Crippen LogP contribution is -2.39. The lowest BCUT2D eigenvalue weighted by molar-refractivity contribution is -0.113. The van der Waals surface area contributed by atoms with Crippen molar-refractivity contribution in [2.75, 3.05) is 11.1 Å². The second-order valence-corrected chi connectivity index (χ2v) is 9.21. The molecule has 0 saturated heterocycles. The number of carbonyl (C=O) groups excluding carboxylic acids is 1. The number of aliphatic imine (C=N–C) groups is 1. The Bertz CT molecular complexity index is 1420. The number of aromatic nitrogens is 2. The first kappa shape index (κ1) is 25.0. The van der Waals surface area contributed by atoms with Crippen LogP contribution in [0.3, 0.4) is 0 Å². The molecule has 0 radical (unpaired) electrons. The van der Waals surface area contributed by atoms with Crippen LogP contribution in [0.4, 0.5) is 11.4 Å². The van der Waals surface area contributed by atoms with Gasteiger partial charge in [0.2, 0.25) is 11.8 Å². The number of nitrogens with one attached hydrogen (secondary N) is 1. The van der Waals surface area contributed by atoms with Gasteiger partial charge in [0.1, 0.15) is 10.6 Å². The smallest absolute Gasteiger partial charge is 0.333 e. The topological polar surface area (TPSA) is 106 Å². The van der Waals surface area contributed by atoms with E-state index in [1.165, 1.54) is 14.1 Å². The largest absolute Gasteiger partial charge is 0.494 e. The van der Waals surface area contributed by atoms with Crippen LogP contribution in [0.1, 0.15) is 27.8 Å². The molecule has 0 aliphatic carbocycles. The summed E-state index contributed by atoms with van der Waals surface area (Å²) in [5.74, 6) is -0.839. The molecule has 1 amide bonds. The second-order valence-electron chi connectivity index (χ2n) is 8.25. The third-order valence-corrected chi connectivity index (χ3v) is 6.55. The van der Waals surface area contributed by atoms with E-state index in [1.807, 2.05) is 58.0 Å². The Morgan fingerprint density at radius 1 is 0.971 bits per heavy atom. The minimum Gasteiger partial charge on any atom is -0.494 e. The average molecular weight is 481 g/mol. The fourth-order valence-corrected chi connectivity index (χ4v) is 4.12. The average Bonchev–Trinajstić information content (AvgIpc) is 2.79. The molecule has 1 aromatic heterocycles. The van der Waals surface area contributed by atoms with Gasteiger partial charge in [0.05, 0.1) is 11.4 Å². The van der Waals surface area contributed by atoms with Crippen LogP contribution in [0.5, 0.6) is 5.88 Å². The van der Waals surface area contributed by atoms with E-state index in [0.717, 1.165) is 43.1 Å². The van der Waals surface area contributed by atoms with Crippen LogP contribution in [0.2, 0.25) is 0 Å². The molecule has 9 heteroatoms. The van der Waals surface area contributed by atoms with Crippen molar-refractivity contribution < 1.29 is 9.90 Å². The molecule has 178 valence electrons. The molecule has 0 spiro atoms. The van der Waals surface area contributed by atoms with E-state index in [2.05, 4.69) is 10.3 Å². The van der Waals surface area contributed by atoms with Crippen LogP contribution < -0.4 is 16.6 Å². The highest BCUT2D eigenvalue weighted by atomic mass is 32.2. The molecule has 0 unspecified atom stereocenters. The molecular weight excluding hydrogens is 452 g/mol. The van der Waals surface area contributed by atoms with Gasteiger partial charge in [-0.1, -0.05) is 30.0 Å². The van der Waals surface area contributed by atoms with Crippen molar-refractivity contribution in [2.24, 2.45) is 19.1 Å². The fourth-order valence-electron chi connectivity index (χ4n) is 3.28. The monoisotopic (exact) mass is 480 g/mol. The van der Waals surface area contributed by atoms with Gasteiger partial charge in [-0.05, 0) is 68.1 Å². The molecule has 1 heterocycles. The van der Waals surface area contributed by atoms with Gasteiger partial charge in [-0.3, -0.25) is 18.7 Å². The molecule has 3 aromatic rings. The Labute approximate surface area is 202 Å². The maximum atomic E-state index is 12.9. The van der Waals surface area contributed by atoms with Gasteiger partial charge in [0.15, 0.2) is 0 Å². The molecule has 0 atom stereocenters. The summed E-state index contributed by atoms with van der Waals surface area (Å²) in [6.45, 7) is 7.77. The number of hydrogen-bond donors (Lipinski definition) is 2. The number of hydrogen-bond acceptors (Lipinski definition) is 6. The molecule has 0 saturated carbocycles. The van der Waals surface area contributed by atoms with Crippen molar-refractivity contribution in [3.05, 3.63) is 85.1 Å². The number of rotatable bonds is 5. The summed E-state index contributed by atoms with van der Waals surface area (Å²) in [7, 11) is 2.70. The SMILES string of the molecule is Cc1ccc(C)c(NC(=O)CSC(=Nc2ccc(C)c(C)c2)c2c(O)n(C)c(=O)n(C)c2=O)c1. The lowest BCUT2D eigenvalue weighted by atomic mass is 10.1. The molecular formula is C25H28N4O4S. The van der Waals surface area contributed by atoms with Gasteiger partial charge in [-0.2, -0.15) is 0 Å². The fraction of sp³-hybridized carbons (Fsp3) is 0.280. The molecule has 2 N–H and O–H groups in total. The third kappa shape index (κ3) is 5.31. The van der Waals surface area contributed by atoms with Crippen molar-refractivity contribution in [3.63, 3.8) is 0 Å². The van der Waals surface area contributed by atoms with Crippen LogP contribution in [-0.4, -0.2) is 30.9 Å². The van der Waals surface area contributed by atoms with Gasteiger partial charge in [-0.25, -0.2) is 9.79 Å². The van der Waals surface area contributed by atoms with E-state index in [0.29, 0.717) is 11.4 Å². The summed E-state index contributed by atoms with van der Waals surface area (Å²) in [6, 6.07) is 11.3. The first-order valence-corrected chi connectivity index (χ1v) is 11.6. The molecule has 3 rings (SSSR count). The van der Waals surface area contributed by atoms with Gasteiger partial charge in [0, 0.05) is 19.8 Å². The van der Waals surface area contributed by atoms with E-state index in [1.54, 1.807) is 6.07 Å². The first-order chi connectivity index (χ1) is 16.0. The number of amides is 1. The normalized spacial score (nSPS) is 11.5. The number of anilines is 1. The Balaban J connectivity index is 2.01. The number of nitrogens with zero attached hydrogens (tertiary/aromatic N) is 3. The van der Waals surface area contributed by atoms with Gasteiger partial charge in [0.25, 0.3) is 5.56 Å². The Hall–Kier alpha value is -3.59. The van der Waals surface area contributed by atoms with Crippen LogP contribution in [0, 0.1) is 27.7 Å². The van der Waals surface area contributed by atoms with E-state index < -0.39 is 17.1 Å². The predicted molar refractivity (Wildman–Crippen MR) is 138 cm³/mol. The number of benzene rings is 2. The summed E-state index contributed by atoms with van der Waals surface area (Å²) in [4.78, 5) is 42.5. The van der Waals surface area contributed by atoms with Crippen molar-refractivity contribution >= 4 is 34.1 Å². The lowest BCUT2D eigenvalue weighted by Gasteiger charge is -2.13. The number of aromatic hydroxyl groups is 1. The Morgan fingerprint density at radius 2 is 1.65 bits per heavy atom. The van der Waals surface area contributed by atoms with E-state index in [9.17, 15) is 19.5 Å². The first-order valence-electron chi connectivity index (χ1n) is 10.6. The van der Waals surface area contributed by atoms with E-state index in [-0.39, 0.29) is 22.3 Å². The summed E-state index contributed by atoms with van der Waals surface area (Å²) < 4.78 is 1.88. The maximum absolute atomic E-state index is 12.9. The summed E-state index contributed by atoms with van der Waals surface area (Å²) >= 11 is 1.02. The van der Waals surface area contributed by atoms with Crippen LogP contribution in [0.15, 0.2) is 51.0 Å². The van der Waals surface area contributed by atoms with Gasteiger partial charge >= 0.3 is 5.69 Å². The summed E-state index contributed by atoms with van der Waals surface area (Å²) in [5, 5.41) is 13.7. The van der Waals surface area contributed by atoms with Crippen molar-refractivity contribution in [1.82, 2.24) is 9.13 Å². The standard InChI is InChI=1S/C25H28N4O4S/c1-14-7-8-16(3)19(11-14)27-20(30)13-34-22(26-18-10-9-15(2)17(4)12-18)21-23(31)28(5)25(33)29(6)24(21)32/h7-12,31H,13H2,1-6H3,(H,27,30). The molecule has 0 bridgehead atoms. The maximum Gasteiger partial charge on any atom is 0.333 e. The molecule has 8 nitrogen and oxygen atoms in total. The minimum absolute atomic E-state index is 0.0531. The molecule has 2 aromatic carbocycles. The second kappa shape index (κ2) is 10.1. The van der Waals surface area contributed by atoms with Crippen LogP contribution in [0.25, 0.3) is 0 Å². The highest BCUT2D eigenvalue weighted by molar-refractivity contribution is 8.15. The summed E-state index contributed by atoms with van der Waals surface area (Å²) in [5.41, 5.74) is 3.84. The number of carbonyl (C=O) groups is 1. The zero-order chi connectivity index (χ0) is 25.2. The predicted octanol–water partition coefficient (Wildman–Crippen LogP) is 3.47. The van der Waals surface area contributed by atoms with E-state index >= 15 is 0 Å². The molecule has 0 aliphatic heterocycles. The zero-order valence-electron chi connectivity index (χ0n) is 20.1. The van der Waals surface area contributed by atoms with Gasteiger partial charge in [-0.15, -0.1) is 0 Å². The Morgan fingerprint density at radius 3 is 2.32 bits per heavy atom. The number of thioether (sulfide) groups is 1. The van der Waals surface area contributed by atoms with Crippen LogP contribution in [-0.2, 0) is 18.9 Å². The van der Waals surface area contributed by atoms with Crippen molar-refractivity contribution in [1.29, 1.82) is 0 Å². The number of aryl methyl sites for hydroxylation is 4. The third-order valence-electron chi connectivity index (χ3n) is 5.58. The molecule has 34 heavy (non-hydrogen) atoms. The summed E-state index contributed by atoms with van der Waals surface area (Å²) in [6.07, 6.45) is 0. The molecule has 0 fully saturated rings. The quantitative estimate of drug-likeness (QED) is 0.430. The van der Waals surface area contributed by atoms with Gasteiger partial charge < -0.3 is 10.4 Å². The molecule has 0 aliphatic rings. The van der Waals surface area contributed by atoms with Crippen molar-refractivity contribution in [2.45, 2.75) is 27.7 Å². The highest BCUT2D eigenvalue weighted by Crippen LogP contribution is 2.25. The minimum atomic E-state index is -0.689. The van der Waals surface area contributed by atoms with Crippen LogP contribution >= 0.6 is 11.8 Å². The highest BCUT2D eigenvalue weighted by Gasteiger charge is 2.22. The Kier molecular flexibility index (Phi) is 7.46. The zero-order valence-corrected chi connectivity index (χ0v) is 20.9. The van der Waals surface area contributed by atoms with Crippen molar-refractivity contribution in [3.8, 4) is 5.88 Å².